The minimum atomic E-state index is -0.343. The molecule has 1 fully saturated rings. The van der Waals surface area contributed by atoms with E-state index in [1.165, 1.54) is 0 Å². The van der Waals surface area contributed by atoms with Crippen LogP contribution in [0.25, 0.3) is 5.82 Å². The topological polar surface area (TPSA) is 110 Å². The number of anilines is 2. The highest BCUT2D eigenvalue weighted by Gasteiger charge is 2.30. The molecule has 0 aliphatic heterocycles. The molecule has 1 amide bonds. The lowest BCUT2D eigenvalue weighted by molar-refractivity contribution is 0.0981. The number of carbonyl (C=O) groups is 1. The SMILES string of the molecule is CC(C)NC(=O)O[C@@H]1CC[C@H](c2cc(Nc3ccc(-n4ccnc4)nc3)n[nH]2)C1. The van der Waals surface area contributed by atoms with Crippen LogP contribution in [0.15, 0.2) is 43.1 Å². The van der Waals surface area contributed by atoms with E-state index in [9.17, 15) is 4.79 Å². The third-order valence-corrected chi connectivity index (χ3v) is 4.89. The molecule has 0 unspecified atom stereocenters. The largest absolute Gasteiger partial charge is 0.446 e. The van der Waals surface area contributed by atoms with Crippen molar-refractivity contribution in [3.8, 4) is 5.82 Å². The first kappa shape index (κ1) is 19.0. The quantitative estimate of drug-likeness (QED) is 0.589. The number of carbonyl (C=O) groups excluding carboxylic acids is 1. The van der Waals surface area contributed by atoms with Crippen LogP contribution >= 0.6 is 0 Å². The molecule has 9 nitrogen and oxygen atoms in total. The van der Waals surface area contributed by atoms with Gasteiger partial charge in [0, 0.05) is 36.1 Å². The third kappa shape index (κ3) is 4.74. The number of aromatic amines is 1. The first-order valence-corrected chi connectivity index (χ1v) is 9.80. The van der Waals surface area contributed by atoms with Gasteiger partial charge in [-0.05, 0) is 45.2 Å². The number of hydrogen-bond acceptors (Lipinski definition) is 6. The van der Waals surface area contributed by atoms with Crippen molar-refractivity contribution < 1.29 is 9.53 Å². The highest BCUT2D eigenvalue weighted by molar-refractivity contribution is 5.67. The van der Waals surface area contributed by atoms with Gasteiger partial charge in [-0.1, -0.05) is 0 Å². The molecule has 9 heteroatoms. The van der Waals surface area contributed by atoms with Crippen LogP contribution in [0.5, 0.6) is 0 Å². The maximum absolute atomic E-state index is 11.8. The number of H-pyrrole nitrogens is 1. The van der Waals surface area contributed by atoms with E-state index in [1.54, 1.807) is 18.7 Å². The molecule has 0 saturated heterocycles. The van der Waals surface area contributed by atoms with Gasteiger partial charge in [-0.25, -0.2) is 14.8 Å². The molecule has 0 spiro atoms. The molecule has 1 saturated carbocycles. The molecule has 2 atom stereocenters. The molecule has 3 aromatic heterocycles. The Bertz CT molecular complexity index is 934. The van der Waals surface area contributed by atoms with Gasteiger partial charge >= 0.3 is 6.09 Å². The minimum Gasteiger partial charge on any atom is -0.446 e. The number of aromatic nitrogens is 5. The van der Waals surface area contributed by atoms with Crippen molar-refractivity contribution in [2.24, 2.45) is 0 Å². The minimum absolute atomic E-state index is 0.0571. The van der Waals surface area contributed by atoms with E-state index in [0.717, 1.165) is 42.3 Å². The first-order valence-electron chi connectivity index (χ1n) is 9.80. The fourth-order valence-corrected chi connectivity index (χ4v) is 3.52. The third-order valence-electron chi connectivity index (χ3n) is 4.89. The van der Waals surface area contributed by atoms with E-state index in [4.69, 9.17) is 4.74 Å². The lowest BCUT2D eigenvalue weighted by Crippen LogP contribution is -2.33. The number of hydrogen-bond donors (Lipinski definition) is 3. The highest BCUT2D eigenvalue weighted by atomic mass is 16.6. The molecule has 3 heterocycles. The van der Waals surface area contributed by atoms with Crippen molar-refractivity contribution in [3.63, 3.8) is 0 Å². The van der Waals surface area contributed by atoms with E-state index in [-0.39, 0.29) is 18.2 Å². The standard InChI is InChI=1S/C20H25N7O2/c1-13(2)23-20(28)29-16-5-3-14(9-16)17-10-18(26-25-17)24-15-4-6-19(22-11-15)27-8-7-21-12-27/h4,6-8,10-14,16H,3,5,9H2,1-2H3,(H,23,28)(H2,24,25,26)/t14-,16+/m0/s1. The zero-order valence-electron chi connectivity index (χ0n) is 16.5. The van der Waals surface area contributed by atoms with Gasteiger partial charge in [-0.3, -0.25) is 9.67 Å². The van der Waals surface area contributed by atoms with Gasteiger partial charge in [0.05, 0.1) is 11.9 Å². The molecule has 3 aromatic rings. The van der Waals surface area contributed by atoms with E-state index in [0.29, 0.717) is 5.92 Å². The average molecular weight is 395 g/mol. The summed E-state index contributed by atoms with van der Waals surface area (Å²) in [5.41, 5.74) is 1.90. The summed E-state index contributed by atoms with van der Waals surface area (Å²) in [6.07, 6.45) is 9.25. The van der Waals surface area contributed by atoms with E-state index >= 15 is 0 Å². The Morgan fingerprint density at radius 1 is 1.34 bits per heavy atom. The van der Waals surface area contributed by atoms with Gasteiger partial charge in [-0.15, -0.1) is 0 Å². The molecule has 0 radical (unpaired) electrons. The monoisotopic (exact) mass is 395 g/mol. The van der Waals surface area contributed by atoms with Gasteiger partial charge in [0.1, 0.15) is 18.2 Å². The number of alkyl carbamates (subject to hydrolysis) is 1. The van der Waals surface area contributed by atoms with Gasteiger partial charge in [0.2, 0.25) is 0 Å². The molecule has 4 rings (SSSR count). The predicted octanol–water partition coefficient (Wildman–Crippen LogP) is 3.50. The van der Waals surface area contributed by atoms with Crippen LogP contribution in [-0.4, -0.2) is 43.0 Å². The first-order chi connectivity index (χ1) is 14.1. The maximum atomic E-state index is 11.8. The van der Waals surface area contributed by atoms with Crippen LogP contribution in [0.4, 0.5) is 16.3 Å². The number of imidazole rings is 1. The van der Waals surface area contributed by atoms with Crippen LogP contribution in [0, 0.1) is 0 Å². The second kappa shape index (κ2) is 8.34. The summed E-state index contributed by atoms with van der Waals surface area (Å²) >= 11 is 0. The summed E-state index contributed by atoms with van der Waals surface area (Å²) in [4.78, 5) is 20.2. The summed E-state index contributed by atoms with van der Waals surface area (Å²) in [7, 11) is 0. The lowest BCUT2D eigenvalue weighted by atomic mass is 10.0. The Hall–Kier alpha value is -3.36. The Morgan fingerprint density at radius 3 is 2.97 bits per heavy atom. The smallest absolute Gasteiger partial charge is 0.407 e. The van der Waals surface area contributed by atoms with Crippen LogP contribution in [0.1, 0.15) is 44.7 Å². The van der Waals surface area contributed by atoms with Crippen molar-refractivity contribution in [2.75, 3.05) is 5.32 Å². The molecule has 0 aromatic carbocycles. The number of nitrogens with zero attached hydrogens (tertiary/aromatic N) is 4. The van der Waals surface area contributed by atoms with Crippen molar-refractivity contribution in [3.05, 3.63) is 48.8 Å². The fraction of sp³-hybridized carbons (Fsp3) is 0.400. The van der Waals surface area contributed by atoms with Gasteiger partial charge in [0.15, 0.2) is 5.82 Å². The number of pyridine rings is 1. The van der Waals surface area contributed by atoms with Crippen molar-refractivity contribution in [1.29, 1.82) is 0 Å². The molecular weight excluding hydrogens is 370 g/mol. The van der Waals surface area contributed by atoms with Gasteiger partial charge in [0.25, 0.3) is 0 Å². The van der Waals surface area contributed by atoms with Crippen molar-refractivity contribution >= 4 is 17.6 Å². The summed E-state index contributed by atoms with van der Waals surface area (Å²) < 4.78 is 7.35. The molecule has 3 N–H and O–H groups in total. The number of ether oxygens (including phenoxy) is 1. The molecule has 0 bridgehead atoms. The Balaban J connectivity index is 1.32. The average Bonchev–Trinajstić information content (AvgIpc) is 3.43. The number of amides is 1. The van der Waals surface area contributed by atoms with Crippen molar-refractivity contribution in [1.82, 2.24) is 30.0 Å². The molecule has 152 valence electrons. The molecular formula is C20H25N7O2. The summed E-state index contributed by atoms with van der Waals surface area (Å²) in [6, 6.07) is 5.94. The number of nitrogens with one attached hydrogen (secondary N) is 3. The molecule has 1 aliphatic carbocycles. The summed E-state index contributed by atoms with van der Waals surface area (Å²) in [6.45, 7) is 3.83. The molecule has 1 aliphatic rings. The van der Waals surface area contributed by atoms with E-state index in [2.05, 4.69) is 30.8 Å². The van der Waals surface area contributed by atoms with Crippen LogP contribution < -0.4 is 10.6 Å². The summed E-state index contributed by atoms with van der Waals surface area (Å²) in [5.74, 6) is 1.84. The highest BCUT2D eigenvalue weighted by Crippen LogP contribution is 2.36. The molecule has 29 heavy (non-hydrogen) atoms. The van der Waals surface area contributed by atoms with E-state index in [1.807, 2.05) is 42.8 Å². The predicted molar refractivity (Wildman–Crippen MR) is 108 cm³/mol. The summed E-state index contributed by atoms with van der Waals surface area (Å²) in [5, 5.41) is 13.5. The number of rotatable bonds is 6. The Kier molecular flexibility index (Phi) is 5.46. The second-order valence-electron chi connectivity index (χ2n) is 7.54. The van der Waals surface area contributed by atoms with Crippen LogP contribution in [0.2, 0.25) is 0 Å². The lowest BCUT2D eigenvalue weighted by Gasteiger charge is -2.14. The second-order valence-corrected chi connectivity index (χ2v) is 7.54. The Morgan fingerprint density at radius 2 is 2.24 bits per heavy atom. The van der Waals surface area contributed by atoms with Crippen LogP contribution in [-0.2, 0) is 4.74 Å². The van der Waals surface area contributed by atoms with Gasteiger partial charge in [-0.2, -0.15) is 5.10 Å². The van der Waals surface area contributed by atoms with Crippen LogP contribution in [0.3, 0.4) is 0 Å². The van der Waals surface area contributed by atoms with Crippen molar-refractivity contribution in [2.45, 2.75) is 51.2 Å². The fourth-order valence-electron chi connectivity index (χ4n) is 3.52. The Labute approximate surface area is 168 Å². The zero-order chi connectivity index (χ0) is 20.2. The van der Waals surface area contributed by atoms with Gasteiger partial charge < -0.3 is 15.4 Å². The van der Waals surface area contributed by atoms with E-state index < -0.39 is 0 Å². The maximum Gasteiger partial charge on any atom is 0.407 e. The zero-order valence-corrected chi connectivity index (χ0v) is 16.5. The normalized spacial score (nSPS) is 18.7.